The van der Waals surface area contributed by atoms with Crippen molar-refractivity contribution < 1.29 is 9.90 Å². The van der Waals surface area contributed by atoms with Gasteiger partial charge in [-0.15, -0.1) is 0 Å². The van der Waals surface area contributed by atoms with Gasteiger partial charge in [0, 0.05) is 25.5 Å². The largest absolute Gasteiger partial charge is 0.481 e. The molecule has 1 heterocycles. The Balaban J connectivity index is 2.69. The van der Waals surface area contributed by atoms with Crippen LogP contribution in [0.3, 0.4) is 0 Å². The number of carbonyl (C=O) groups is 1. The van der Waals surface area contributed by atoms with E-state index < -0.39 is 11.9 Å². The van der Waals surface area contributed by atoms with E-state index in [4.69, 9.17) is 5.11 Å². The zero-order valence-electron chi connectivity index (χ0n) is 8.92. The molecule has 0 aromatic carbocycles. The summed E-state index contributed by atoms with van der Waals surface area (Å²) in [6, 6.07) is 1.73. The molecule has 0 fully saturated rings. The normalized spacial score (nSPS) is 12.1. The number of nitrogens with zero attached hydrogens (tertiary/aromatic N) is 3. The Hall–Kier alpha value is -1.65. The molecule has 0 saturated heterocycles. The van der Waals surface area contributed by atoms with Crippen molar-refractivity contribution in [2.75, 3.05) is 18.0 Å². The maximum atomic E-state index is 10.7. The highest BCUT2D eigenvalue weighted by atomic mass is 16.4. The number of carboxylic acids is 1. The number of hydrogen-bond donors (Lipinski definition) is 1. The molecule has 0 aliphatic carbocycles. The highest BCUT2D eigenvalue weighted by Crippen LogP contribution is 2.08. The molecule has 1 aromatic rings. The predicted molar refractivity (Wildman–Crippen MR) is 56.7 cm³/mol. The van der Waals surface area contributed by atoms with Gasteiger partial charge in [-0.1, -0.05) is 6.92 Å². The van der Waals surface area contributed by atoms with E-state index in [-0.39, 0.29) is 0 Å². The topological polar surface area (TPSA) is 66.3 Å². The third-order valence-corrected chi connectivity index (χ3v) is 2.13. The van der Waals surface area contributed by atoms with Gasteiger partial charge in [-0.2, -0.15) is 0 Å². The minimum Gasteiger partial charge on any atom is -0.481 e. The van der Waals surface area contributed by atoms with Crippen molar-refractivity contribution in [1.29, 1.82) is 0 Å². The van der Waals surface area contributed by atoms with Gasteiger partial charge in [-0.05, 0) is 13.0 Å². The highest BCUT2D eigenvalue weighted by molar-refractivity contribution is 5.70. The predicted octanol–water partition coefficient (Wildman–Crippen LogP) is 1.02. The summed E-state index contributed by atoms with van der Waals surface area (Å²) in [6.07, 6.45) is 3.30. The molecule has 1 rings (SSSR count). The molecule has 1 N–H and O–H groups in total. The molecule has 5 nitrogen and oxygen atoms in total. The number of aliphatic carboxylic acids is 1. The molecular weight excluding hydrogens is 194 g/mol. The lowest BCUT2D eigenvalue weighted by molar-refractivity contribution is -0.140. The van der Waals surface area contributed by atoms with Crippen LogP contribution in [0.25, 0.3) is 0 Å². The zero-order valence-corrected chi connectivity index (χ0v) is 8.92. The molecule has 5 heteroatoms. The van der Waals surface area contributed by atoms with Gasteiger partial charge in [-0.25, -0.2) is 9.97 Å². The number of hydrogen-bond acceptors (Lipinski definition) is 4. The number of aromatic nitrogens is 2. The number of anilines is 1. The summed E-state index contributed by atoms with van der Waals surface area (Å²) in [7, 11) is 0. The van der Waals surface area contributed by atoms with Gasteiger partial charge < -0.3 is 10.0 Å². The smallest absolute Gasteiger partial charge is 0.308 e. The lowest BCUT2D eigenvalue weighted by atomic mass is 10.2. The minimum atomic E-state index is -0.801. The summed E-state index contributed by atoms with van der Waals surface area (Å²) in [4.78, 5) is 20.7. The first-order valence-electron chi connectivity index (χ1n) is 4.90. The van der Waals surface area contributed by atoms with E-state index in [2.05, 4.69) is 9.97 Å². The van der Waals surface area contributed by atoms with Gasteiger partial charge in [-0.3, -0.25) is 4.79 Å². The Bertz CT molecular complexity index is 316. The van der Waals surface area contributed by atoms with E-state index in [9.17, 15) is 4.79 Å². The van der Waals surface area contributed by atoms with Crippen molar-refractivity contribution >= 4 is 11.9 Å². The summed E-state index contributed by atoms with van der Waals surface area (Å²) in [5.41, 5.74) is 0. The first-order chi connectivity index (χ1) is 7.15. The SMILES string of the molecule is CCN(CC(C)C(=O)O)c1ncccn1. The van der Waals surface area contributed by atoms with Crippen molar-refractivity contribution in [3.63, 3.8) is 0 Å². The Morgan fingerprint density at radius 2 is 2.13 bits per heavy atom. The Morgan fingerprint density at radius 3 is 2.60 bits per heavy atom. The maximum Gasteiger partial charge on any atom is 0.308 e. The Morgan fingerprint density at radius 1 is 1.53 bits per heavy atom. The maximum absolute atomic E-state index is 10.7. The molecule has 1 atom stereocenters. The third-order valence-electron chi connectivity index (χ3n) is 2.13. The van der Waals surface area contributed by atoms with Crippen LogP contribution in [-0.2, 0) is 4.79 Å². The van der Waals surface area contributed by atoms with Crippen LogP contribution in [0.1, 0.15) is 13.8 Å². The van der Waals surface area contributed by atoms with E-state index in [0.717, 1.165) is 0 Å². The summed E-state index contributed by atoms with van der Waals surface area (Å²) in [6.45, 7) is 4.75. The van der Waals surface area contributed by atoms with Gasteiger partial charge in [0.2, 0.25) is 5.95 Å². The van der Waals surface area contributed by atoms with Crippen LogP contribution in [-0.4, -0.2) is 34.1 Å². The quantitative estimate of drug-likeness (QED) is 0.784. The molecule has 1 aromatic heterocycles. The average molecular weight is 209 g/mol. The van der Waals surface area contributed by atoms with Crippen molar-refractivity contribution in [3.8, 4) is 0 Å². The first-order valence-corrected chi connectivity index (χ1v) is 4.90. The zero-order chi connectivity index (χ0) is 11.3. The lowest BCUT2D eigenvalue weighted by Crippen LogP contribution is -2.32. The summed E-state index contributed by atoms with van der Waals surface area (Å²) in [5, 5.41) is 8.81. The van der Waals surface area contributed by atoms with Gasteiger partial charge in [0.1, 0.15) is 0 Å². The van der Waals surface area contributed by atoms with E-state index in [1.807, 2.05) is 11.8 Å². The number of carboxylic acid groups (broad SMARTS) is 1. The van der Waals surface area contributed by atoms with E-state index in [1.165, 1.54) is 0 Å². The molecule has 15 heavy (non-hydrogen) atoms. The molecule has 0 bridgehead atoms. The second kappa shape index (κ2) is 5.29. The monoisotopic (exact) mass is 209 g/mol. The summed E-state index contributed by atoms with van der Waals surface area (Å²) >= 11 is 0. The van der Waals surface area contributed by atoms with Crippen LogP contribution < -0.4 is 4.90 Å². The fraction of sp³-hybridized carbons (Fsp3) is 0.500. The fourth-order valence-corrected chi connectivity index (χ4v) is 1.22. The van der Waals surface area contributed by atoms with Crippen molar-refractivity contribution in [3.05, 3.63) is 18.5 Å². The van der Waals surface area contributed by atoms with Crippen molar-refractivity contribution in [2.45, 2.75) is 13.8 Å². The van der Waals surface area contributed by atoms with Gasteiger partial charge in [0.05, 0.1) is 5.92 Å². The average Bonchev–Trinajstić information content (AvgIpc) is 2.26. The van der Waals surface area contributed by atoms with Crippen LogP contribution >= 0.6 is 0 Å². The van der Waals surface area contributed by atoms with Gasteiger partial charge in [0.25, 0.3) is 0 Å². The molecule has 0 saturated carbocycles. The number of rotatable bonds is 5. The van der Waals surface area contributed by atoms with Crippen molar-refractivity contribution in [1.82, 2.24) is 9.97 Å². The van der Waals surface area contributed by atoms with Crippen LogP contribution in [0.4, 0.5) is 5.95 Å². The molecule has 0 spiro atoms. The van der Waals surface area contributed by atoms with Gasteiger partial charge >= 0.3 is 5.97 Å². The summed E-state index contributed by atoms with van der Waals surface area (Å²) in [5.74, 6) is -0.647. The van der Waals surface area contributed by atoms with E-state index in [1.54, 1.807) is 25.4 Å². The van der Waals surface area contributed by atoms with Crippen LogP contribution in [0, 0.1) is 5.92 Å². The standard InChI is InChI=1S/C10H15N3O2/c1-3-13(7-8(2)9(14)15)10-11-5-4-6-12-10/h4-6,8H,3,7H2,1-2H3,(H,14,15). The molecule has 0 amide bonds. The Labute approximate surface area is 88.8 Å². The van der Waals surface area contributed by atoms with E-state index >= 15 is 0 Å². The second-order valence-corrected chi connectivity index (χ2v) is 3.33. The molecule has 82 valence electrons. The first kappa shape index (κ1) is 11.4. The molecule has 0 aliphatic rings. The van der Waals surface area contributed by atoms with Crippen molar-refractivity contribution in [2.24, 2.45) is 5.92 Å². The molecule has 0 radical (unpaired) electrons. The van der Waals surface area contributed by atoms with E-state index in [0.29, 0.717) is 19.0 Å². The second-order valence-electron chi connectivity index (χ2n) is 3.33. The van der Waals surface area contributed by atoms with Crippen LogP contribution in [0.2, 0.25) is 0 Å². The lowest BCUT2D eigenvalue weighted by Gasteiger charge is -2.22. The highest BCUT2D eigenvalue weighted by Gasteiger charge is 2.16. The minimum absolute atomic E-state index is 0.422. The van der Waals surface area contributed by atoms with Crippen LogP contribution in [0.5, 0.6) is 0 Å². The van der Waals surface area contributed by atoms with Gasteiger partial charge in [0.15, 0.2) is 0 Å². The Kier molecular flexibility index (Phi) is 4.03. The molecule has 0 aliphatic heterocycles. The van der Waals surface area contributed by atoms with Crippen LogP contribution in [0.15, 0.2) is 18.5 Å². The summed E-state index contributed by atoms with van der Waals surface area (Å²) < 4.78 is 0. The molecular formula is C10H15N3O2. The third kappa shape index (κ3) is 3.19. The molecule has 1 unspecified atom stereocenters. The fourth-order valence-electron chi connectivity index (χ4n) is 1.22.